The van der Waals surface area contributed by atoms with Gasteiger partial charge in [-0.2, -0.15) is 13.2 Å². The number of nitrogens with zero attached hydrogens (tertiary/aromatic N) is 1. The second kappa shape index (κ2) is 9.75. The zero-order chi connectivity index (χ0) is 21.7. The number of Topliss-reactive ketones (excluding diaryl/α,β-unsaturated/α-hetero) is 1. The minimum absolute atomic E-state index is 0.0850. The number of piperidine rings is 1. The number of amides is 1. The zero-order valence-corrected chi connectivity index (χ0v) is 17.6. The van der Waals surface area contributed by atoms with Crippen molar-refractivity contribution in [3.05, 3.63) is 51.7 Å². The molecule has 1 aliphatic heterocycles. The van der Waals surface area contributed by atoms with E-state index in [2.05, 4.69) is 10.2 Å². The van der Waals surface area contributed by atoms with Gasteiger partial charge in [0.15, 0.2) is 5.78 Å². The first-order valence-electron chi connectivity index (χ1n) is 9.98. The molecule has 1 unspecified atom stereocenters. The van der Waals surface area contributed by atoms with Crippen LogP contribution in [0.3, 0.4) is 0 Å². The van der Waals surface area contributed by atoms with E-state index in [1.54, 1.807) is 6.92 Å². The molecule has 1 aromatic carbocycles. The Labute approximate surface area is 178 Å². The first-order chi connectivity index (χ1) is 14.2. The van der Waals surface area contributed by atoms with Gasteiger partial charge in [0.2, 0.25) is 5.91 Å². The molecule has 1 N–H and O–H groups in total. The van der Waals surface area contributed by atoms with Crippen molar-refractivity contribution in [3.63, 3.8) is 0 Å². The summed E-state index contributed by atoms with van der Waals surface area (Å²) < 4.78 is 37.8. The molecule has 1 fully saturated rings. The Morgan fingerprint density at radius 1 is 1.23 bits per heavy atom. The summed E-state index contributed by atoms with van der Waals surface area (Å²) in [6, 6.07) is 6.44. The first-order valence-corrected chi connectivity index (χ1v) is 10.9. The fourth-order valence-electron chi connectivity index (χ4n) is 3.73. The number of rotatable bonds is 7. The number of halogens is 3. The predicted molar refractivity (Wildman–Crippen MR) is 112 cm³/mol. The Balaban J connectivity index is 1.44. The molecule has 162 valence electrons. The van der Waals surface area contributed by atoms with Gasteiger partial charge >= 0.3 is 6.18 Å². The Morgan fingerprint density at radius 3 is 2.60 bits per heavy atom. The topological polar surface area (TPSA) is 49.4 Å². The maximum atomic E-state index is 12.6. The number of carbonyl (C=O) groups excluding carboxylic acids is 2. The SMILES string of the molecule is CC(=O)c1cc(CN2CCCC(CCC(=O)Nc3ccc(C(F)(F)F)cc3)C2)cs1. The van der Waals surface area contributed by atoms with Crippen LogP contribution in [0.1, 0.15) is 53.4 Å². The molecule has 2 aromatic rings. The van der Waals surface area contributed by atoms with Crippen LogP contribution < -0.4 is 5.32 Å². The molecule has 1 saturated heterocycles. The molecule has 8 heteroatoms. The number of carbonyl (C=O) groups is 2. The van der Waals surface area contributed by atoms with Crippen LogP contribution in [0.5, 0.6) is 0 Å². The number of thiophene rings is 1. The van der Waals surface area contributed by atoms with Crippen LogP contribution in [0, 0.1) is 5.92 Å². The largest absolute Gasteiger partial charge is 0.416 e. The standard InChI is InChI=1S/C22H25F3N2O2S/c1-15(28)20-11-17(14-30-20)13-27-10-2-3-16(12-27)4-9-21(29)26-19-7-5-18(6-8-19)22(23,24)25/h5-8,11,14,16H,2-4,9-10,12-13H2,1H3,(H,26,29). The van der Waals surface area contributed by atoms with Gasteiger partial charge in [-0.05, 0) is 79.9 Å². The Hall–Kier alpha value is -2.19. The second-order valence-electron chi connectivity index (χ2n) is 7.78. The Morgan fingerprint density at radius 2 is 1.97 bits per heavy atom. The molecule has 0 bridgehead atoms. The average Bonchev–Trinajstić information content (AvgIpc) is 3.15. The van der Waals surface area contributed by atoms with E-state index < -0.39 is 11.7 Å². The van der Waals surface area contributed by atoms with Gasteiger partial charge < -0.3 is 5.32 Å². The lowest BCUT2D eigenvalue weighted by molar-refractivity contribution is -0.137. The van der Waals surface area contributed by atoms with Crippen molar-refractivity contribution in [1.82, 2.24) is 4.90 Å². The fourth-order valence-corrected chi connectivity index (χ4v) is 4.54. The summed E-state index contributed by atoms with van der Waals surface area (Å²) in [5, 5.41) is 4.70. The van der Waals surface area contributed by atoms with Crippen LogP contribution in [0.25, 0.3) is 0 Å². The van der Waals surface area contributed by atoms with E-state index in [0.717, 1.165) is 61.5 Å². The minimum atomic E-state index is -4.38. The highest BCUT2D eigenvalue weighted by Crippen LogP contribution is 2.30. The third-order valence-electron chi connectivity index (χ3n) is 5.29. The van der Waals surface area contributed by atoms with Crippen LogP contribution in [-0.2, 0) is 17.5 Å². The van der Waals surface area contributed by atoms with Gasteiger partial charge in [-0.1, -0.05) is 0 Å². The lowest BCUT2D eigenvalue weighted by Crippen LogP contribution is -2.35. The third-order valence-corrected chi connectivity index (χ3v) is 6.37. The second-order valence-corrected chi connectivity index (χ2v) is 8.69. The number of anilines is 1. The molecule has 30 heavy (non-hydrogen) atoms. The Bertz CT molecular complexity index is 877. The number of benzene rings is 1. The predicted octanol–water partition coefficient (Wildman–Crippen LogP) is 5.60. The maximum Gasteiger partial charge on any atom is 0.416 e. The fraction of sp³-hybridized carbons (Fsp3) is 0.455. The smallest absolute Gasteiger partial charge is 0.326 e. The van der Waals surface area contributed by atoms with E-state index in [1.807, 2.05) is 11.4 Å². The summed E-state index contributed by atoms with van der Waals surface area (Å²) in [6.45, 7) is 4.28. The average molecular weight is 439 g/mol. The van der Waals surface area contributed by atoms with E-state index in [0.29, 0.717) is 18.0 Å². The quantitative estimate of drug-likeness (QED) is 0.573. The van der Waals surface area contributed by atoms with E-state index >= 15 is 0 Å². The van der Waals surface area contributed by atoms with Crippen molar-refractivity contribution in [1.29, 1.82) is 0 Å². The van der Waals surface area contributed by atoms with Crippen LogP contribution >= 0.6 is 11.3 Å². The number of hydrogen-bond acceptors (Lipinski definition) is 4. The normalized spacial score (nSPS) is 17.7. The lowest BCUT2D eigenvalue weighted by atomic mass is 9.93. The molecule has 1 aromatic heterocycles. The van der Waals surface area contributed by atoms with Crippen LogP contribution in [-0.4, -0.2) is 29.7 Å². The van der Waals surface area contributed by atoms with Crippen LogP contribution in [0.4, 0.5) is 18.9 Å². The molecule has 3 rings (SSSR count). The molecule has 0 spiro atoms. The molecular weight excluding hydrogens is 413 g/mol. The van der Waals surface area contributed by atoms with Gasteiger partial charge in [0.1, 0.15) is 0 Å². The van der Waals surface area contributed by atoms with Gasteiger partial charge in [0, 0.05) is 25.2 Å². The molecule has 1 amide bonds. The molecule has 0 aliphatic carbocycles. The van der Waals surface area contributed by atoms with Crippen molar-refractivity contribution in [2.24, 2.45) is 5.92 Å². The maximum absolute atomic E-state index is 12.6. The highest BCUT2D eigenvalue weighted by atomic mass is 32.1. The highest BCUT2D eigenvalue weighted by molar-refractivity contribution is 7.12. The molecule has 4 nitrogen and oxygen atoms in total. The molecule has 1 aliphatic rings. The van der Waals surface area contributed by atoms with Gasteiger partial charge in [-0.25, -0.2) is 0 Å². The summed E-state index contributed by atoms with van der Waals surface area (Å²) >= 11 is 1.47. The van der Waals surface area contributed by atoms with E-state index in [1.165, 1.54) is 23.5 Å². The zero-order valence-electron chi connectivity index (χ0n) is 16.8. The van der Waals surface area contributed by atoms with Crippen molar-refractivity contribution in [2.75, 3.05) is 18.4 Å². The van der Waals surface area contributed by atoms with Gasteiger partial charge in [-0.15, -0.1) is 11.3 Å². The molecular formula is C22H25F3N2O2S. The minimum Gasteiger partial charge on any atom is -0.326 e. The molecule has 0 radical (unpaired) electrons. The summed E-state index contributed by atoms with van der Waals surface area (Å²) in [7, 11) is 0. The Kier molecular flexibility index (Phi) is 7.31. The van der Waals surface area contributed by atoms with Crippen molar-refractivity contribution < 1.29 is 22.8 Å². The lowest BCUT2D eigenvalue weighted by Gasteiger charge is -2.32. The number of ketones is 1. The van der Waals surface area contributed by atoms with Gasteiger partial charge in [0.25, 0.3) is 0 Å². The summed E-state index contributed by atoms with van der Waals surface area (Å²) in [4.78, 5) is 26.8. The van der Waals surface area contributed by atoms with Crippen molar-refractivity contribution in [3.8, 4) is 0 Å². The van der Waals surface area contributed by atoms with Crippen LogP contribution in [0.15, 0.2) is 35.7 Å². The molecule has 0 saturated carbocycles. The van der Waals surface area contributed by atoms with Crippen LogP contribution in [0.2, 0.25) is 0 Å². The van der Waals surface area contributed by atoms with E-state index in [9.17, 15) is 22.8 Å². The monoisotopic (exact) mass is 438 g/mol. The van der Waals surface area contributed by atoms with Crippen molar-refractivity contribution in [2.45, 2.75) is 45.3 Å². The number of alkyl halides is 3. The molecule has 2 heterocycles. The first kappa shape index (κ1) is 22.5. The van der Waals surface area contributed by atoms with Gasteiger partial charge in [0.05, 0.1) is 10.4 Å². The van der Waals surface area contributed by atoms with Gasteiger partial charge in [-0.3, -0.25) is 14.5 Å². The number of likely N-dealkylation sites (tertiary alicyclic amines) is 1. The van der Waals surface area contributed by atoms with E-state index in [-0.39, 0.29) is 11.7 Å². The summed E-state index contributed by atoms with van der Waals surface area (Å²) in [6.07, 6.45) is -1.18. The molecule has 1 atom stereocenters. The number of hydrogen-bond donors (Lipinski definition) is 1. The van der Waals surface area contributed by atoms with Crippen molar-refractivity contribution >= 4 is 28.7 Å². The highest BCUT2D eigenvalue weighted by Gasteiger charge is 2.30. The number of nitrogens with one attached hydrogen (secondary N) is 1. The third kappa shape index (κ3) is 6.40. The summed E-state index contributed by atoms with van der Waals surface area (Å²) in [5.74, 6) is 0.306. The van der Waals surface area contributed by atoms with E-state index in [4.69, 9.17) is 0 Å². The summed E-state index contributed by atoms with van der Waals surface area (Å²) in [5.41, 5.74) is 0.784.